The molecule has 3 heteroatoms. The van der Waals surface area contributed by atoms with Crippen LogP contribution in [0.25, 0.3) is 0 Å². The SMILES string of the molecule is Fc1ccc(C2CN=C(c3ccccc3)O2)cc1. The molecule has 0 saturated heterocycles. The van der Waals surface area contributed by atoms with Crippen LogP contribution in [-0.4, -0.2) is 12.4 Å². The van der Waals surface area contributed by atoms with Crippen LogP contribution in [0, 0.1) is 5.82 Å². The van der Waals surface area contributed by atoms with Crippen LogP contribution in [0.5, 0.6) is 0 Å². The van der Waals surface area contributed by atoms with Gasteiger partial charge in [-0.3, -0.25) is 0 Å². The summed E-state index contributed by atoms with van der Waals surface area (Å²) in [6, 6.07) is 16.2. The van der Waals surface area contributed by atoms with Crippen molar-refractivity contribution in [3.8, 4) is 0 Å². The van der Waals surface area contributed by atoms with Crippen LogP contribution in [0.15, 0.2) is 59.6 Å². The summed E-state index contributed by atoms with van der Waals surface area (Å²) in [5.74, 6) is 0.422. The van der Waals surface area contributed by atoms with Gasteiger partial charge in [-0.1, -0.05) is 30.3 Å². The molecule has 90 valence electrons. The molecule has 1 unspecified atom stereocenters. The van der Waals surface area contributed by atoms with Gasteiger partial charge in [0.25, 0.3) is 0 Å². The van der Waals surface area contributed by atoms with E-state index in [1.165, 1.54) is 12.1 Å². The summed E-state index contributed by atoms with van der Waals surface area (Å²) >= 11 is 0. The van der Waals surface area contributed by atoms with Crippen molar-refractivity contribution in [2.45, 2.75) is 6.10 Å². The average Bonchev–Trinajstić information content (AvgIpc) is 2.90. The normalized spacial score (nSPS) is 18.3. The number of benzene rings is 2. The van der Waals surface area contributed by atoms with Crippen LogP contribution in [0.3, 0.4) is 0 Å². The smallest absolute Gasteiger partial charge is 0.216 e. The summed E-state index contributed by atoms with van der Waals surface area (Å²) in [5.41, 5.74) is 1.92. The summed E-state index contributed by atoms with van der Waals surface area (Å²) in [6.45, 7) is 0.579. The zero-order chi connectivity index (χ0) is 12.4. The van der Waals surface area contributed by atoms with E-state index in [-0.39, 0.29) is 11.9 Å². The van der Waals surface area contributed by atoms with E-state index >= 15 is 0 Å². The van der Waals surface area contributed by atoms with Crippen molar-refractivity contribution >= 4 is 5.90 Å². The Morgan fingerprint density at radius 3 is 2.44 bits per heavy atom. The summed E-state index contributed by atoms with van der Waals surface area (Å²) in [7, 11) is 0. The van der Waals surface area contributed by atoms with Gasteiger partial charge in [0.2, 0.25) is 5.90 Å². The van der Waals surface area contributed by atoms with Crippen LogP contribution < -0.4 is 0 Å². The van der Waals surface area contributed by atoms with Crippen LogP contribution in [0.1, 0.15) is 17.2 Å². The Bertz CT molecular complexity index is 563. The zero-order valence-electron chi connectivity index (χ0n) is 9.71. The van der Waals surface area contributed by atoms with E-state index in [0.29, 0.717) is 12.4 Å². The average molecular weight is 241 g/mol. The molecule has 1 heterocycles. The largest absolute Gasteiger partial charge is 0.467 e. The minimum absolute atomic E-state index is 0.110. The van der Waals surface area contributed by atoms with Crippen molar-refractivity contribution in [2.24, 2.45) is 4.99 Å². The van der Waals surface area contributed by atoms with Gasteiger partial charge in [0.15, 0.2) is 0 Å². The first-order chi connectivity index (χ1) is 8.83. The number of halogens is 1. The first-order valence-electron chi connectivity index (χ1n) is 5.85. The molecule has 2 nitrogen and oxygen atoms in total. The molecular formula is C15H12FNO. The Hall–Kier alpha value is -2.16. The number of hydrogen-bond donors (Lipinski definition) is 0. The van der Waals surface area contributed by atoms with Gasteiger partial charge >= 0.3 is 0 Å². The van der Waals surface area contributed by atoms with Gasteiger partial charge in [0.1, 0.15) is 11.9 Å². The molecule has 18 heavy (non-hydrogen) atoms. The molecule has 0 bridgehead atoms. The van der Waals surface area contributed by atoms with Gasteiger partial charge in [-0.2, -0.15) is 0 Å². The van der Waals surface area contributed by atoms with E-state index < -0.39 is 0 Å². The highest BCUT2D eigenvalue weighted by Crippen LogP contribution is 2.25. The summed E-state index contributed by atoms with van der Waals surface area (Å²) in [6.07, 6.45) is -0.110. The van der Waals surface area contributed by atoms with Crippen LogP contribution in [0.4, 0.5) is 4.39 Å². The number of hydrogen-bond acceptors (Lipinski definition) is 2. The Labute approximate surface area is 105 Å². The third-order valence-electron chi connectivity index (χ3n) is 2.92. The third kappa shape index (κ3) is 2.12. The standard InChI is InChI=1S/C15H12FNO/c16-13-8-6-11(7-9-13)14-10-17-15(18-14)12-4-2-1-3-5-12/h1-9,14H,10H2. The summed E-state index contributed by atoms with van der Waals surface area (Å²) in [4.78, 5) is 4.39. The van der Waals surface area contributed by atoms with Crippen LogP contribution in [0.2, 0.25) is 0 Å². The third-order valence-corrected chi connectivity index (χ3v) is 2.92. The first-order valence-corrected chi connectivity index (χ1v) is 5.85. The zero-order valence-corrected chi connectivity index (χ0v) is 9.71. The maximum atomic E-state index is 12.8. The van der Waals surface area contributed by atoms with Gasteiger partial charge in [0.05, 0.1) is 6.54 Å². The molecule has 0 aliphatic carbocycles. The predicted molar refractivity (Wildman–Crippen MR) is 68.1 cm³/mol. The monoisotopic (exact) mass is 241 g/mol. The van der Waals surface area contributed by atoms with E-state index in [1.807, 2.05) is 30.3 Å². The van der Waals surface area contributed by atoms with Gasteiger partial charge < -0.3 is 4.74 Å². The Kier molecular flexibility index (Phi) is 2.81. The molecule has 0 radical (unpaired) electrons. The number of ether oxygens (including phenoxy) is 1. The lowest BCUT2D eigenvalue weighted by molar-refractivity contribution is 0.230. The molecule has 1 aliphatic heterocycles. The molecule has 1 atom stereocenters. The summed E-state index contributed by atoms with van der Waals surface area (Å²) in [5, 5.41) is 0. The second kappa shape index (κ2) is 4.61. The molecule has 0 saturated carbocycles. The van der Waals surface area contributed by atoms with Gasteiger partial charge in [-0.05, 0) is 29.8 Å². The molecular weight excluding hydrogens is 229 g/mol. The van der Waals surface area contributed by atoms with Gasteiger partial charge in [-0.25, -0.2) is 9.38 Å². The molecule has 3 rings (SSSR count). The van der Waals surface area contributed by atoms with E-state index in [9.17, 15) is 4.39 Å². The second-order valence-corrected chi connectivity index (χ2v) is 4.17. The number of rotatable bonds is 2. The first kappa shape index (κ1) is 11.0. The van der Waals surface area contributed by atoms with E-state index in [2.05, 4.69) is 4.99 Å². The van der Waals surface area contributed by atoms with Crippen molar-refractivity contribution in [2.75, 3.05) is 6.54 Å². The van der Waals surface area contributed by atoms with E-state index in [0.717, 1.165) is 11.1 Å². The molecule has 0 aromatic heterocycles. The molecule has 2 aromatic rings. The quantitative estimate of drug-likeness (QED) is 0.790. The van der Waals surface area contributed by atoms with Gasteiger partial charge in [0, 0.05) is 5.56 Å². The number of nitrogens with zero attached hydrogens (tertiary/aromatic N) is 1. The highest BCUT2D eigenvalue weighted by atomic mass is 19.1. The Balaban J connectivity index is 1.76. The topological polar surface area (TPSA) is 21.6 Å². The predicted octanol–water partition coefficient (Wildman–Crippen LogP) is 3.34. The molecule has 0 amide bonds. The molecule has 0 N–H and O–H groups in total. The van der Waals surface area contributed by atoms with Crippen molar-refractivity contribution in [1.29, 1.82) is 0 Å². The van der Waals surface area contributed by atoms with Crippen LogP contribution >= 0.6 is 0 Å². The lowest BCUT2D eigenvalue weighted by Crippen LogP contribution is -2.06. The maximum absolute atomic E-state index is 12.8. The Morgan fingerprint density at radius 1 is 1.00 bits per heavy atom. The Morgan fingerprint density at radius 2 is 1.72 bits per heavy atom. The fourth-order valence-electron chi connectivity index (χ4n) is 1.97. The van der Waals surface area contributed by atoms with E-state index in [1.54, 1.807) is 12.1 Å². The van der Waals surface area contributed by atoms with Crippen molar-refractivity contribution in [3.63, 3.8) is 0 Å². The highest BCUT2D eigenvalue weighted by Gasteiger charge is 2.22. The molecule has 0 fully saturated rings. The fourth-order valence-corrected chi connectivity index (χ4v) is 1.97. The minimum atomic E-state index is -0.235. The van der Waals surface area contributed by atoms with Crippen molar-refractivity contribution < 1.29 is 9.13 Å². The van der Waals surface area contributed by atoms with Crippen molar-refractivity contribution in [1.82, 2.24) is 0 Å². The number of aliphatic imine (C=N–C) groups is 1. The van der Waals surface area contributed by atoms with E-state index in [4.69, 9.17) is 4.74 Å². The highest BCUT2D eigenvalue weighted by molar-refractivity contribution is 5.95. The minimum Gasteiger partial charge on any atom is -0.467 e. The van der Waals surface area contributed by atoms with Gasteiger partial charge in [-0.15, -0.1) is 0 Å². The molecule has 1 aliphatic rings. The van der Waals surface area contributed by atoms with Crippen molar-refractivity contribution in [3.05, 3.63) is 71.5 Å². The maximum Gasteiger partial charge on any atom is 0.216 e. The lowest BCUT2D eigenvalue weighted by atomic mass is 10.1. The second-order valence-electron chi connectivity index (χ2n) is 4.17. The molecule has 2 aromatic carbocycles. The summed E-state index contributed by atoms with van der Waals surface area (Å²) < 4.78 is 18.6. The van der Waals surface area contributed by atoms with Crippen LogP contribution in [-0.2, 0) is 4.74 Å². The fraction of sp³-hybridized carbons (Fsp3) is 0.133. The molecule has 0 spiro atoms. The lowest BCUT2D eigenvalue weighted by Gasteiger charge is -2.11.